The summed E-state index contributed by atoms with van der Waals surface area (Å²) in [5.74, 6) is -0.202. The van der Waals surface area contributed by atoms with E-state index in [4.69, 9.17) is 4.74 Å². The molecular formula is C28H25NO3S. The van der Waals surface area contributed by atoms with Crippen LogP contribution in [0.1, 0.15) is 27.2 Å². The van der Waals surface area contributed by atoms with E-state index >= 15 is 0 Å². The average Bonchev–Trinajstić information content (AvgIpc) is 3.33. The van der Waals surface area contributed by atoms with Gasteiger partial charge in [0.05, 0.1) is 12.0 Å². The van der Waals surface area contributed by atoms with E-state index in [9.17, 15) is 9.59 Å². The molecule has 3 aromatic carbocycles. The Hall–Kier alpha value is -3.70. The fraction of sp³-hybridized carbons (Fsp3) is 0.143. The van der Waals surface area contributed by atoms with Crippen molar-refractivity contribution in [2.45, 2.75) is 19.8 Å². The third kappa shape index (κ3) is 5.38. The molecule has 0 aliphatic heterocycles. The van der Waals surface area contributed by atoms with E-state index < -0.39 is 0 Å². The Morgan fingerprint density at radius 2 is 1.61 bits per heavy atom. The first-order chi connectivity index (χ1) is 16.1. The van der Waals surface area contributed by atoms with Crippen LogP contribution in [0, 0.1) is 6.92 Å². The smallest absolute Gasteiger partial charge is 0.305 e. The summed E-state index contributed by atoms with van der Waals surface area (Å²) < 4.78 is 4.75. The van der Waals surface area contributed by atoms with Crippen LogP contribution >= 0.6 is 11.3 Å². The highest BCUT2D eigenvalue weighted by Gasteiger charge is 2.14. The zero-order valence-electron chi connectivity index (χ0n) is 18.7. The number of aldehydes is 1. The van der Waals surface area contributed by atoms with Crippen LogP contribution in [0.5, 0.6) is 0 Å². The molecule has 4 nitrogen and oxygen atoms in total. The Labute approximate surface area is 198 Å². The molecular weight excluding hydrogens is 430 g/mol. The number of benzene rings is 3. The molecule has 166 valence electrons. The van der Waals surface area contributed by atoms with Gasteiger partial charge in [0.2, 0.25) is 0 Å². The van der Waals surface area contributed by atoms with Crippen LogP contribution in [-0.4, -0.2) is 19.4 Å². The number of nitrogens with zero attached hydrogens (tertiary/aromatic N) is 1. The van der Waals surface area contributed by atoms with Crippen molar-refractivity contribution in [1.82, 2.24) is 0 Å². The van der Waals surface area contributed by atoms with Crippen molar-refractivity contribution in [1.29, 1.82) is 0 Å². The van der Waals surface area contributed by atoms with E-state index in [0.717, 1.165) is 44.2 Å². The first-order valence-electron chi connectivity index (χ1n) is 10.8. The summed E-state index contributed by atoms with van der Waals surface area (Å²) in [6, 6.07) is 28.9. The van der Waals surface area contributed by atoms with Gasteiger partial charge in [-0.25, -0.2) is 0 Å². The second-order valence-electron chi connectivity index (χ2n) is 7.78. The lowest BCUT2D eigenvalue weighted by Crippen LogP contribution is -2.10. The summed E-state index contributed by atoms with van der Waals surface area (Å²) in [6.07, 6.45) is 1.90. The second-order valence-corrected chi connectivity index (χ2v) is 8.90. The molecule has 0 aliphatic carbocycles. The van der Waals surface area contributed by atoms with Crippen LogP contribution < -0.4 is 4.90 Å². The van der Waals surface area contributed by atoms with E-state index in [-0.39, 0.29) is 5.97 Å². The summed E-state index contributed by atoms with van der Waals surface area (Å²) in [5, 5.41) is 0. The molecule has 1 aromatic heterocycles. The van der Waals surface area contributed by atoms with Gasteiger partial charge in [0, 0.05) is 28.4 Å². The number of rotatable bonds is 8. The predicted molar refractivity (Wildman–Crippen MR) is 135 cm³/mol. The van der Waals surface area contributed by atoms with Crippen molar-refractivity contribution < 1.29 is 14.3 Å². The fourth-order valence-corrected chi connectivity index (χ4v) is 4.55. The maximum atomic E-state index is 11.5. The Morgan fingerprint density at radius 1 is 0.909 bits per heavy atom. The minimum atomic E-state index is -0.202. The van der Waals surface area contributed by atoms with Gasteiger partial charge in [-0.2, -0.15) is 0 Å². The van der Waals surface area contributed by atoms with Gasteiger partial charge in [-0.3, -0.25) is 9.59 Å². The van der Waals surface area contributed by atoms with Gasteiger partial charge in [-0.05, 0) is 78.6 Å². The molecule has 0 bridgehead atoms. The van der Waals surface area contributed by atoms with Crippen LogP contribution in [0.25, 0.3) is 10.4 Å². The second kappa shape index (κ2) is 10.3. The molecule has 5 heteroatoms. The molecule has 1 heterocycles. The van der Waals surface area contributed by atoms with E-state index in [1.165, 1.54) is 24.0 Å². The van der Waals surface area contributed by atoms with Crippen LogP contribution in [0.4, 0.5) is 17.1 Å². The van der Waals surface area contributed by atoms with Gasteiger partial charge in [-0.1, -0.05) is 36.4 Å². The highest BCUT2D eigenvalue weighted by atomic mass is 32.1. The Bertz CT molecular complexity index is 1240. The molecule has 0 aliphatic rings. The van der Waals surface area contributed by atoms with Gasteiger partial charge >= 0.3 is 5.97 Å². The fourth-order valence-electron chi connectivity index (χ4n) is 3.72. The standard InChI is InChI=1S/C28H25NO3S/c1-20-4-3-5-25(18-20)29(23-11-6-21(7-12-23)8-17-28(31)32-2)24-13-9-22(10-14-24)27-16-15-26(19-30)33-27/h3-7,9-16,18-19H,8,17H2,1-2H3. The van der Waals surface area contributed by atoms with E-state index in [2.05, 4.69) is 84.6 Å². The van der Waals surface area contributed by atoms with Crippen molar-refractivity contribution in [2.24, 2.45) is 0 Å². The highest BCUT2D eigenvalue weighted by molar-refractivity contribution is 7.17. The summed E-state index contributed by atoms with van der Waals surface area (Å²) >= 11 is 1.49. The van der Waals surface area contributed by atoms with E-state index in [1.807, 2.05) is 12.1 Å². The largest absolute Gasteiger partial charge is 0.469 e. The third-order valence-electron chi connectivity index (χ3n) is 5.45. The first kappa shape index (κ1) is 22.5. The number of methoxy groups -OCH3 is 1. The van der Waals surface area contributed by atoms with Crippen molar-refractivity contribution in [3.05, 3.63) is 101 Å². The highest BCUT2D eigenvalue weighted by Crippen LogP contribution is 2.37. The topological polar surface area (TPSA) is 46.6 Å². The average molecular weight is 456 g/mol. The minimum Gasteiger partial charge on any atom is -0.469 e. The number of hydrogen-bond acceptors (Lipinski definition) is 5. The number of carbonyl (C=O) groups is 2. The summed E-state index contributed by atoms with van der Waals surface area (Å²) in [4.78, 5) is 26.5. The lowest BCUT2D eigenvalue weighted by molar-refractivity contribution is -0.140. The Morgan fingerprint density at radius 3 is 2.21 bits per heavy atom. The molecule has 0 amide bonds. The van der Waals surface area contributed by atoms with Gasteiger partial charge in [0.25, 0.3) is 0 Å². The molecule has 0 unspecified atom stereocenters. The summed E-state index contributed by atoms with van der Waals surface area (Å²) in [6.45, 7) is 2.09. The number of thiophene rings is 1. The molecule has 0 atom stereocenters. The van der Waals surface area contributed by atoms with Gasteiger partial charge in [0.1, 0.15) is 0 Å². The van der Waals surface area contributed by atoms with Gasteiger partial charge in [0.15, 0.2) is 6.29 Å². The zero-order chi connectivity index (χ0) is 23.2. The van der Waals surface area contributed by atoms with E-state index in [1.54, 1.807) is 0 Å². The maximum Gasteiger partial charge on any atom is 0.305 e. The SMILES string of the molecule is COC(=O)CCc1ccc(N(c2ccc(-c3ccc(C=O)s3)cc2)c2cccc(C)c2)cc1. The Balaban J connectivity index is 1.66. The first-order valence-corrected chi connectivity index (χ1v) is 11.6. The third-order valence-corrected chi connectivity index (χ3v) is 6.51. The molecule has 0 saturated carbocycles. The number of ether oxygens (including phenoxy) is 1. The lowest BCUT2D eigenvalue weighted by atomic mass is 10.1. The molecule has 4 aromatic rings. The normalized spacial score (nSPS) is 10.6. The van der Waals surface area contributed by atoms with Crippen LogP contribution in [0.15, 0.2) is 84.9 Å². The minimum absolute atomic E-state index is 0.202. The van der Waals surface area contributed by atoms with Crippen molar-refractivity contribution >= 4 is 40.7 Å². The summed E-state index contributed by atoms with van der Waals surface area (Å²) in [7, 11) is 1.41. The molecule has 0 N–H and O–H groups in total. The molecule has 33 heavy (non-hydrogen) atoms. The quantitative estimate of drug-likeness (QED) is 0.210. The van der Waals surface area contributed by atoms with Crippen molar-refractivity contribution in [3.8, 4) is 10.4 Å². The Kier molecular flexibility index (Phi) is 7.01. The monoisotopic (exact) mass is 455 g/mol. The zero-order valence-corrected chi connectivity index (χ0v) is 19.5. The van der Waals surface area contributed by atoms with Crippen molar-refractivity contribution in [3.63, 3.8) is 0 Å². The van der Waals surface area contributed by atoms with Crippen LogP contribution in [-0.2, 0) is 16.0 Å². The van der Waals surface area contributed by atoms with Gasteiger partial charge < -0.3 is 9.64 Å². The number of carbonyl (C=O) groups excluding carboxylic acids is 2. The van der Waals surface area contributed by atoms with Crippen LogP contribution in [0.3, 0.4) is 0 Å². The summed E-state index contributed by atoms with van der Waals surface area (Å²) in [5.41, 5.74) is 6.51. The molecule has 4 rings (SSSR count). The molecule has 0 fully saturated rings. The van der Waals surface area contributed by atoms with Gasteiger partial charge in [-0.15, -0.1) is 11.3 Å². The lowest BCUT2D eigenvalue weighted by Gasteiger charge is -2.26. The number of hydrogen-bond donors (Lipinski definition) is 0. The molecule has 0 spiro atoms. The molecule has 0 saturated heterocycles. The van der Waals surface area contributed by atoms with E-state index in [0.29, 0.717) is 12.8 Å². The maximum absolute atomic E-state index is 11.5. The number of aryl methyl sites for hydroxylation is 2. The van der Waals surface area contributed by atoms with Crippen molar-refractivity contribution in [2.75, 3.05) is 12.0 Å². The number of anilines is 3. The molecule has 0 radical (unpaired) electrons. The number of esters is 1. The van der Waals surface area contributed by atoms with Crippen LogP contribution in [0.2, 0.25) is 0 Å². The predicted octanol–water partition coefficient (Wildman–Crippen LogP) is 7.11.